The van der Waals surface area contributed by atoms with Gasteiger partial charge in [0.05, 0.1) is 32.4 Å². The molecule has 1 aliphatic heterocycles. The highest BCUT2D eigenvalue weighted by Gasteiger charge is 2.25. The number of rotatable bonds is 1. The molecular weight excluding hydrogens is 118 g/mol. The second kappa shape index (κ2) is 2.28. The SMILES string of the molecule is CC[N+]1(S)CCCC1. The zero-order chi connectivity index (χ0) is 6.04. The third kappa shape index (κ3) is 1.17. The van der Waals surface area contributed by atoms with Gasteiger partial charge < -0.3 is 0 Å². The summed E-state index contributed by atoms with van der Waals surface area (Å²) in [4.78, 5) is 0. The van der Waals surface area contributed by atoms with E-state index in [1.165, 1.54) is 32.5 Å². The van der Waals surface area contributed by atoms with Crippen LogP contribution in [0.2, 0.25) is 0 Å². The first-order valence-corrected chi connectivity index (χ1v) is 3.76. The average Bonchev–Trinajstić information content (AvgIpc) is 2.17. The summed E-state index contributed by atoms with van der Waals surface area (Å²) in [6.07, 6.45) is 2.74. The molecule has 0 bridgehead atoms. The van der Waals surface area contributed by atoms with E-state index in [0.717, 1.165) is 3.89 Å². The number of quaternary nitrogens is 1. The molecule has 0 unspecified atom stereocenters. The Morgan fingerprint density at radius 1 is 1.38 bits per heavy atom. The Hall–Kier alpha value is 0.310. The highest BCUT2D eigenvalue weighted by Crippen LogP contribution is 2.20. The van der Waals surface area contributed by atoms with Crippen molar-refractivity contribution in [3.8, 4) is 0 Å². The number of likely N-dealkylation sites (tertiary alicyclic amines) is 1. The molecule has 0 saturated carbocycles. The largest absolute Gasteiger partial charge is 0.264 e. The maximum absolute atomic E-state index is 4.52. The van der Waals surface area contributed by atoms with Gasteiger partial charge in [-0.2, -0.15) is 0 Å². The normalized spacial score (nSPS) is 26.2. The van der Waals surface area contributed by atoms with Crippen LogP contribution in [0.5, 0.6) is 0 Å². The van der Waals surface area contributed by atoms with Crippen molar-refractivity contribution in [3.63, 3.8) is 0 Å². The minimum atomic E-state index is 1.01. The van der Waals surface area contributed by atoms with Crippen molar-refractivity contribution in [2.45, 2.75) is 19.8 Å². The first kappa shape index (κ1) is 6.43. The molecule has 0 aromatic rings. The number of hydrogen-bond acceptors (Lipinski definition) is 1. The van der Waals surface area contributed by atoms with E-state index in [4.69, 9.17) is 0 Å². The molecule has 0 amide bonds. The highest BCUT2D eigenvalue weighted by molar-refractivity contribution is 7.74. The number of thiol groups is 1. The van der Waals surface area contributed by atoms with Gasteiger partial charge in [0, 0.05) is 12.8 Å². The van der Waals surface area contributed by atoms with E-state index in [0.29, 0.717) is 0 Å². The van der Waals surface area contributed by atoms with Gasteiger partial charge in [-0.1, -0.05) is 0 Å². The molecule has 0 atom stereocenters. The van der Waals surface area contributed by atoms with Crippen LogP contribution in [0.15, 0.2) is 0 Å². The standard InChI is InChI=1S/C6H14NS/c1-2-7(8)5-3-4-6-7/h8H,2-6H2,1H3/q+1. The van der Waals surface area contributed by atoms with Gasteiger partial charge in [0.15, 0.2) is 0 Å². The molecule has 1 nitrogen and oxygen atoms in total. The van der Waals surface area contributed by atoms with Crippen LogP contribution >= 0.6 is 12.8 Å². The Kier molecular flexibility index (Phi) is 1.83. The first-order valence-electron chi connectivity index (χ1n) is 3.36. The van der Waals surface area contributed by atoms with Crippen LogP contribution in [-0.4, -0.2) is 23.5 Å². The molecule has 0 radical (unpaired) electrons. The zero-order valence-corrected chi connectivity index (χ0v) is 6.32. The van der Waals surface area contributed by atoms with E-state index >= 15 is 0 Å². The topological polar surface area (TPSA) is 0 Å². The van der Waals surface area contributed by atoms with Crippen LogP contribution in [-0.2, 0) is 0 Å². The molecule has 0 aliphatic carbocycles. The lowest BCUT2D eigenvalue weighted by Crippen LogP contribution is -2.34. The molecule has 2 heteroatoms. The quantitative estimate of drug-likeness (QED) is 0.405. The summed E-state index contributed by atoms with van der Waals surface area (Å²) in [5, 5.41) is 0. The monoisotopic (exact) mass is 132 g/mol. The zero-order valence-electron chi connectivity index (χ0n) is 5.43. The second-order valence-electron chi connectivity index (χ2n) is 2.57. The average molecular weight is 132 g/mol. The summed E-state index contributed by atoms with van der Waals surface area (Å²) in [6.45, 7) is 5.95. The van der Waals surface area contributed by atoms with Gasteiger partial charge in [-0.3, -0.25) is 3.89 Å². The molecule has 0 spiro atoms. The van der Waals surface area contributed by atoms with Crippen molar-refractivity contribution in [2.24, 2.45) is 0 Å². The maximum atomic E-state index is 4.52. The van der Waals surface area contributed by atoms with Crippen molar-refractivity contribution in [2.75, 3.05) is 19.6 Å². The van der Waals surface area contributed by atoms with Gasteiger partial charge in [0.1, 0.15) is 0 Å². The molecule has 1 fully saturated rings. The summed E-state index contributed by atoms with van der Waals surface area (Å²) in [6, 6.07) is 0. The Morgan fingerprint density at radius 2 is 1.88 bits per heavy atom. The summed E-state index contributed by atoms with van der Waals surface area (Å²) in [7, 11) is 0. The summed E-state index contributed by atoms with van der Waals surface area (Å²) < 4.78 is 1.01. The van der Waals surface area contributed by atoms with Crippen molar-refractivity contribution in [1.82, 2.24) is 0 Å². The lowest BCUT2D eigenvalue weighted by Gasteiger charge is -2.23. The van der Waals surface area contributed by atoms with E-state index in [-0.39, 0.29) is 0 Å². The maximum Gasteiger partial charge on any atom is 0.0892 e. The van der Waals surface area contributed by atoms with Crippen LogP contribution in [0.4, 0.5) is 0 Å². The van der Waals surface area contributed by atoms with Crippen molar-refractivity contribution in [1.29, 1.82) is 0 Å². The molecule has 1 saturated heterocycles. The second-order valence-corrected chi connectivity index (χ2v) is 3.41. The molecule has 0 aromatic heterocycles. The van der Waals surface area contributed by atoms with Gasteiger partial charge >= 0.3 is 0 Å². The Bertz CT molecular complexity index is 76.6. The van der Waals surface area contributed by atoms with Crippen LogP contribution in [0.3, 0.4) is 0 Å². The predicted molar refractivity (Wildman–Crippen MR) is 38.8 cm³/mol. The van der Waals surface area contributed by atoms with Crippen molar-refractivity contribution >= 4 is 12.8 Å². The van der Waals surface area contributed by atoms with Crippen molar-refractivity contribution in [3.05, 3.63) is 0 Å². The van der Waals surface area contributed by atoms with Crippen LogP contribution in [0.25, 0.3) is 0 Å². The number of hydrogen-bond donors (Lipinski definition) is 1. The summed E-state index contributed by atoms with van der Waals surface area (Å²) in [5.41, 5.74) is 0. The van der Waals surface area contributed by atoms with Gasteiger partial charge in [-0.25, -0.2) is 0 Å². The Labute approximate surface area is 56.8 Å². The van der Waals surface area contributed by atoms with Gasteiger partial charge in [-0.05, 0) is 6.92 Å². The minimum Gasteiger partial charge on any atom is -0.264 e. The molecule has 0 N–H and O–H groups in total. The fourth-order valence-electron chi connectivity index (χ4n) is 1.24. The third-order valence-electron chi connectivity index (χ3n) is 1.99. The van der Waals surface area contributed by atoms with Gasteiger partial charge in [0.2, 0.25) is 0 Å². The minimum absolute atomic E-state index is 1.01. The molecular formula is C6H14NS+. The Balaban J connectivity index is 2.40. The molecule has 1 aliphatic rings. The molecule has 1 rings (SSSR count). The van der Waals surface area contributed by atoms with Crippen LogP contribution in [0, 0.1) is 0 Å². The summed E-state index contributed by atoms with van der Waals surface area (Å²) in [5.74, 6) is 0. The molecule has 8 heavy (non-hydrogen) atoms. The summed E-state index contributed by atoms with van der Waals surface area (Å²) >= 11 is 4.52. The number of nitrogens with zero attached hydrogens (tertiary/aromatic N) is 1. The predicted octanol–water partition coefficient (Wildman–Crippen LogP) is 1.46. The lowest BCUT2D eigenvalue weighted by molar-refractivity contribution is -0.775. The highest BCUT2D eigenvalue weighted by atomic mass is 32.1. The van der Waals surface area contributed by atoms with Crippen LogP contribution in [0.1, 0.15) is 19.8 Å². The Morgan fingerprint density at radius 3 is 2.12 bits per heavy atom. The van der Waals surface area contributed by atoms with Crippen LogP contribution < -0.4 is 0 Å². The third-order valence-corrected chi connectivity index (χ3v) is 2.67. The first-order chi connectivity index (χ1) is 3.77. The van der Waals surface area contributed by atoms with E-state index in [9.17, 15) is 0 Å². The lowest BCUT2D eigenvalue weighted by atomic mass is 10.4. The molecule has 0 aromatic carbocycles. The van der Waals surface area contributed by atoms with Gasteiger partial charge in [-0.15, -0.1) is 0 Å². The van der Waals surface area contributed by atoms with E-state index in [1.807, 2.05) is 0 Å². The molecule has 1 heterocycles. The fourth-order valence-corrected chi connectivity index (χ4v) is 1.52. The fraction of sp³-hybridized carbons (Fsp3) is 1.00. The van der Waals surface area contributed by atoms with Gasteiger partial charge in [0.25, 0.3) is 0 Å². The smallest absolute Gasteiger partial charge is 0.0892 e. The van der Waals surface area contributed by atoms with E-state index < -0.39 is 0 Å². The van der Waals surface area contributed by atoms with E-state index in [1.54, 1.807) is 0 Å². The van der Waals surface area contributed by atoms with E-state index in [2.05, 4.69) is 19.7 Å². The van der Waals surface area contributed by atoms with Crippen molar-refractivity contribution < 1.29 is 3.89 Å². The molecule has 48 valence electrons.